The van der Waals surface area contributed by atoms with Crippen molar-refractivity contribution in [3.8, 4) is 0 Å². The molecule has 0 saturated carbocycles. The first-order valence-corrected chi connectivity index (χ1v) is 19.5. The Morgan fingerprint density at radius 2 is 0.975 bits per heavy atom. The molecule has 0 N–H and O–H groups in total. The SMILES string of the molecule is CCCCC(S)(CC(=O)[O-])C(=O)OCC(C)(C)COC(=O)C(S)(CCCC)CC(=O)[O-].CCC[CH2][Sn+2][CH2]CCC. The molecule has 2 unspecified atom stereocenters. The van der Waals surface area contributed by atoms with Gasteiger partial charge in [0.25, 0.3) is 0 Å². The molecular formula is C29H52O8S2Sn. The first kappa shape index (κ1) is 41.5. The average Bonchev–Trinajstić information content (AvgIpc) is 2.87. The molecule has 0 aromatic carbocycles. The molecule has 0 aliphatic carbocycles. The minimum absolute atomic E-state index is 0.149. The number of carboxylic acid groups (broad SMARTS) is 2. The standard InChI is InChI=1S/C21H36O8S2.2C4H9.Sn/c1-5-7-9-20(30,11-15(22)23)17(26)28-13-19(3,4)14-29-18(27)21(31,10-8-6-2)12-16(24)25;2*1-3-4-2;/h30-31H,5-14H2,1-4H3,(H,22,23)(H,24,25);2*1,3-4H2,2H3;/q;;;+2/p-2. The number of thiol groups is 2. The van der Waals surface area contributed by atoms with Crippen LogP contribution < -0.4 is 10.2 Å². The van der Waals surface area contributed by atoms with E-state index < -0.39 is 51.6 Å². The van der Waals surface area contributed by atoms with Crippen molar-refractivity contribution < 1.29 is 38.9 Å². The molecule has 0 spiro atoms. The predicted octanol–water partition coefficient (Wildman–Crippen LogP) is 4.22. The van der Waals surface area contributed by atoms with Gasteiger partial charge in [0.2, 0.25) is 0 Å². The van der Waals surface area contributed by atoms with E-state index in [0.717, 1.165) is 12.8 Å². The van der Waals surface area contributed by atoms with Crippen molar-refractivity contribution in [2.75, 3.05) is 13.2 Å². The minimum atomic E-state index is -1.50. The second-order valence-corrected chi connectivity index (χ2v) is 17.1. The maximum atomic E-state index is 12.5. The maximum absolute atomic E-state index is 12.5. The fourth-order valence-electron chi connectivity index (χ4n) is 3.50. The zero-order valence-electron chi connectivity index (χ0n) is 25.5. The monoisotopic (exact) mass is 712 g/mol. The van der Waals surface area contributed by atoms with Crippen molar-refractivity contribution >= 4 is 70.3 Å². The Hall–Kier alpha value is -0.621. The number of carbonyl (C=O) groups is 4. The molecule has 0 saturated heterocycles. The van der Waals surface area contributed by atoms with E-state index >= 15 is 0 Å². The van der Waals surface area contributed by atoms with Crippen molar-refractivity contribution in [1.82, 2.24) is 0 Å². The average molecular weight is 712 g/mol. The van der Waals surface area contributed by atoms with Crippen molar-refractivity contribution in [3.05, 3.63) is 0 Å². The van der Waals surface area contributed by atoms with E-state index in [1.807, 2.05) is 13.8 Å². The molecule has 2 atom stereocenters. The topological polar surface area (TPSA) is 133 Å². The Labute approximate surface area is 263 Å². The van der Waals surface area contributed by atoms with Gasteiger partial charge < -0.3 is 29.3 Å². The molecule has 8 nitrogen and oxygen atoms in total. The van der Waals surface area contributed by atoms with Gasteiger partial charge in [-0.3, -0.25) is 9.59 Å². The summed E-state index contributed by atoms with van der Waals surface area (Å²) < 4.78 is 10.8. The van der Waals surface area contributed by atoms with Gasteiger partial charge in [0.15, 0.2) is 0 Å². The molecular weight excluding hydrogens is 659 g/mol. The van der Waals surface area contributed by atoms with Crippen molar-refractivity contribution in [2.45, 2.75) is 137 Å². The van der Waals surface area contributed by atoms with E-state index in [2.05, 4.69) is 39.1 Å². The third-order valence-electron chi connectivity index (χ3n) is 6.12. The fourth-order valence-corrected chi connectivity index (χ4v) is 8.36. The first-order valence-electron chi connectivity index (χ1n) is 14.5. The third-order valence-corrected chi connectivity index (χ3v) is 11.3. The normalized spacial score (nSPS) is 14.0. The van der Waals surface area contributed by atoms with Gasteiger partial charge in [-0.2, -0.15) is 25.3 Å². The van der Waals surface area contributed by atoms with Crippen molar-refractivity contribution in [3.63, 3.8) is 0 Å². The van der Waals surface area contributed by atoms with Crippen LogP contribution in [0.15, 0.2) is 0 Å². The molecule has 0 rings (SSSR count). The van der Waals surface area contributed by atoms with E-state index in [9.17, 15) is 29.4 Å². The van der Waals surface area contributed by atoms with Gasteiger partial charge in [-0.25, -0.2) is 0 Å². The molecule has 232 valence electrons. The van der Waals surface area contributed by atoms with E-state index in [4.69, 9.17) is 9.47 Å². The number of carbonyl (C=O) groups excluding carboxylic acids is 4. The second-order valence-electron chi connectivity index (χ2n) is 11.1. The van der Waals surface area contributed by atoms with Crippen LogP contribution in [-0.2, 0) is 28.7 Å². The molecule has 11 heteroatoms. The summed E-state index contributed by atoms with van der Waals surface area (Å²) in [5, 5.41) is 22.1. The number of esters is 2. The van der Waals surface area contributed by atoms with E-state index in [-0.39, 0.29) is 47.2 Å². The number of hydrogen-bond donors (Lipinski definition) is 2. The Morgan fingerprint density at radius 1 is 0.650 bits per heavy atom. The Morgan fingerprint density at radius 3 is 1.25 bits per heavy atom. The molecule has 0 fully saturated rings. The van der Waals surface area contributed by atoms with E-state index in [0.29, 0.717) is 12.8 Å². The van der Waals surface area contributed by atoms with Crippen LogP contribution >= 0.6 is 25.3 Å². The van der Waals surface area contributed by atoms with E-state index in [1.165, 1.54) is 25.7 Å². The molecule has 0 amide bonds. The summed E-state index contributed by atoms with van der Waals surface area (Å²) >= 11 is 8.65. The van der Waals surface area contributed by atoms with Gasteiger partial charge in [-0.1, -0.05) is 53.4 Å². The van der Waals surface area contributed by atoms with Gasteiger partial charge in [0.05, 0.1) is 13.2 Å². The van der Waals surface area contributed by atoms with Crippen LogP contribution in [-0.4, -0.2) is 67.7 Å². The number of rotatable bonds is 22. The molecule has 40 heavy (non-hydrogen) atoms. The number of unbranched alkanes of at least 4 members (excludes halogenated alkanes) is 4. The quantitative estimate of drug-likeness (QED) is 0.0739. The third kappa shape index (κ3) is 20.3. The van der Waals surface area contributed by atoms with Crippen LogP contribution in [0.2, 0.25) is 8.87 Å². The molecule has 0 radical (unpaired) electrons. The summed E-state index contributed by atoms with van der Waals surface area (Å²) in [5.41, 5.74) is -0.812. The zero-order chi connectivity index (χ0) is 31.2. The van der Waals surface area contributed by atoms with Gasteiger partial charge in [0, 0.05) is 30.2 Å². The number of hydrogen-bond acceptors (Lipinski definition) is 10. The van der Waals surface area contributed by atoms with Crippen LogP contribution in [0.3, 0.4) is 0 Å². The van der Waals surface area contributed by atoms with Gasteiger partial charge >= 0.3 is 81.5 Å². The molecule has 0 aromatic heterocycles. The van der Waals surface area contributed by atoms with Crippen LogP contribution in [0.5, 0.6) is 0 Å². The van der Waals surface area contributed by atoms with Crippen LogP contribution in [0.25, 0.3) is 0 Å². The zero-order valence-corrected chi connectivity index (χ0v) is 30.1. The number of aliphatic carboxylic acids is 2. The summed E-state index contributed by atoms with van der Waals surface area (Å²) in [4.78, 5) is 47.1. The Bertz CT molecular complexity index is 692. The summed E-state index contributed by atoms with van der Waals surface area (Å²) in [7, 11) is 0. The Balaban J connectivity index is 0. The van der Waals surface area contributed by atoms with Crippen LogP contribution in [0, 0.1) is 5.41 Å². The molecule has 0 aliphatic rings. The van der Waals surface area contributed by atoms with Crippen molar-refractivity contribution in [2.24, 2.45) is 5.41 Å². The van der Waals surface area contributed by atoms with Crippen molar-refractivity contribution in [1.29, 1.82) is 0 Å². The van der Waals surface area contributed by atoms with Crippen LogP contribution in [0.1, 0.15) is 119 Å². The molecule has 0 aromatic rings. The Kier molecular flexibility index (Phi) is 23.8. The molecule has 0 aliphatic heterocycles. The molecule has 0 bridgehead atoms. The van der Waals surface area contributed by atoms with E-state index in [1.54, 1.807) is 22.7 Å². The summed E-state index contributed by atoms with van der Waals surface area (Å²) in [5.74, 6) is -4.37. The van der Waals surface area contributed by atoms with Crippen LogP contribution in [0.4, 0.5) is 0 Å². The molecule has 0 heterocycles. The second kappa shape index (κ2) is 22.9. The summed E-state index contributed by atoms with van der Waals surface area (Å²) in [6, 6.07) is 0. The summed E-state index contributed by atoms with van der Waals surface area (Å²) in [6.07, 6.45) is 7.81. The predicted molar refractivity (Wildman–Crippen MR) is 163 cm³/mol. The van der Waals surface area contributed by atoms with Gasteiger partial charge in [-0.05, 0) is 12.8 Å². The van der Waals surface area contributed by atoms with Gasteiger partial charge in [-0.15, -0.1) is 0 Å². The number of ether oxygens (including phenoxy) is 2. The first-order chi connectivity index (χ1) is 18.6. The summed E-state index contributed by atoms with van der Waals surface area (Å²) in [6.45, 7) is 11.4. The number of carboxylic acids is 2. The van der Waals surface area contributed by atoms with Gasteiger partial charge in [0.1, 0.15) is 9.49 Å². The fraction of sp³-hybridized carbons (Fsp3) is 0.862.